The van der Waals surface area contributed by atoms with E-state index in [0.717, 1.165) is 5.56 Å². The van der Waals surface area contributed by atoms with Gasteiger partial charge in [0.25, 0.3) is 0 Å². The van der Waals surface area contributed by atoms with Crippen LogP contribution in [0.4, 0.5) is 0 Å². The lowest BCUT2D eigenvalue weighted by Gasteiger charge is -1.96. The molecule has 0 aromatic heterocycles. The molecule has 0 unspecified atom stereocenters. The summed E-state index contributed by atoms with van der Waals surface area (Å²) < 4.78 is 4.72. The van der Waals surface area contributed by atoms with Crippen molar-refractivity contribution in [3.63, 3.8) is 0 Å². The second-order valence-corrected chi connectivity index (χ2v) is 2.47. The summed E-state index contributed by atoms with van der Waals surface area (Å²) in [7, 11) is 1.54. The summed E-state index contributed by atoms with van der Waals surface area (Å²) in [6.07, 6.45) is 3.20. The standard InChI is InChI=1S/C10H10O3/c1-13-6-5-8-3-2-4-9(7-8)10(11)12/h2-7H,1H3,(H,11,12)/b6-5+. The van der Waals surface area contributed by atoms with Crippen molar-refractivity contribution in [2.45, 2.75) is 0 Å². The Hall–Kier alpha value is -1.77. The highest BCUT2D eigenvalue weighted by Crippen LogP contribution is 2.06. The summed E-state index contributed by atoms with van der Waals surface area (Å²) in [6, 6.07) is 6.63. The number of hydrogen-bond acceptors (Lipinski definition) is 2. The van der Waals surface area contributed by atoms with Crippen LogP contribution in [0, 0.1) is 0 Å². The third-order valence-corrected chi connectivity index (χ3v) is 1.53. The molecule has 13 heavy (non-hydrogen) atoms. The van der Waals surface area contributed by atoms with E-state index in [1.54, 1.807) is 24.3 Å². The molecule has 0 aliphatic rings. The molecule has 0 amide bonds. The van der Waals surface area contributed by atoms with E-state index < -0.39 is 5.97 Å². The van der Waals surface area contributed by atoms with Crippen molar-refractivity contribution in [3.05, 3.63) is 41.7 Å². The highest BCUT2D eigenvalue weighted by molar-refractivity contribution is 5.88. The summed E-state index contributed by atoms with van der Waals surface area (Å²) in [4.78, 5) is 10.6. The Bertz CT molecular complexity index is 329. The molecule has 1 rings (SSSR count). The Morgan fingerprint density at radius 2 is 2.31 bits per heavy atom. The lowest BCUT2D eigenvalue weighted by Crippen LogP contribution is -1.95. The zero-order valence-corrected chi connectivity index (χ0v) is 7.23. The zero-order valence-electron chi connectivity index (χ0n) is 7.23. The number of benzene rings is 1. The Morgan fingerprint density at radius 3 is 2.92 bits per heavy atom. The minimum atomic E-state index is -0.923. The van der Waals surface area contributed by atoms with Gasteiger partial charge >= 0.3 is 5.97 Å². The van der Waals surface area contributed by atoms with Gasteiger partial charge in [-0.1, -0.05) is 12.1 Å². The van der Waals surface area contributed by atoms with Crippen LogP contribution in [0.25, 0.3) is 6.08 Å². The first kappa shape index (κ1) is 9.32. The average Bonchev–Trinajstić information content (AvgIpc) is 2.15. The molecule has 0 atom stereocenters. The predicted octanol–water partition coefficient (Wildman–Crippen LogP) is 2.00. The number of ether oxygens (including phenoxy) is 1. The van der Waals surface area contributed by atoms with Gasteiger partial charge in [-0.2, -0.15) is 0 Å². The third-order valence-electron chi connectivity index (χ3n) is 1.53. The first-order chi connectivity index (χ1) is 6.24. The van der Waals surface area contributed by atoms with Crippen molar-refractivity contribution >= 4 is 12.0 Å². The van der Waals surface area contributed by atoms with Gasteiger partial charge in [-0.05, 0) is 23.8 Å². The maximum atomic E-state index is 10.6. The molecular weight excluding hydrogens is 168 g/mol. The van der Waals surface area contributed by atoms with Crippen LogP contribution in [0.2, 0.25) is 0 Å². The van der Waals surface area contributed by atoms with Gasteiger partial charge < -0.3 is 9.84 Å². The van der Waals surface area contributed by atoms with Crippen LogP contribution in [0.5, 0.6) is 0 Å². The van der Waals surface area contributed by atoms with Crippen LogP contribution in [-0.4, -0.2) is 18.2 Å². The lowest BCUT2D eigenvalue weighted by atomic mass is 10.1. The van der Waals surface area contributed by atoms with Crippen molar-refractivity contribution in [2.75, 3.05) is 7.11 Å². The highest BCUT2D eigenvalue weighted by Gasteiger charge is 2.00. The Balaban J connectivity index is 2.92. The molecule has 1 aromatic carbocycles. The topological polar surface area (TPSA) is 46.5 Å². The fraction of sp³-hybridized carbons (Fsp3) is 0.100. The fourth-order valence-corrected chi connectivity index (χ4v) is 0.922. The minimum Gasteiger partial charge on any atom is -0.504 e. The third kappa shape index (κ3) is 2.63. The van der Waals surface area contributed by atoms with Crippen LogP contribution in [0.1, 0.15) is 15.9 Å². The van der Waals surface area contributed by atoms with E-state index in [2.05, 4.69) is 0 Å². The molecule has 0 aliphatic carbocycles. The smallest absolute Gasteiger partial charge is 0.335 e. The van der Waals surface area contributed by atoms with E-state index in [0.29, 0.717) is 0 Å². The van der Waals surface area contributed by atoms with E-state index >= 15 is 0 Å². The highest BCUT2D eigenvalue weighted by atomic mass is 16.5. The largest absolute Gasteiger partial charge is 0.504 e. The summed E-state index contributed by atoms with van der Waals surface area (Å²) >= 11 is 0. The first-order valence-corrected chi connectivity index (χ1v) is 3.77. The van der Waals surface area contributed by atoms with Gasteiger partial charge in [-0.25, -0.2) is 4.79 Å². The van der Waals surface area contributed by atoms with E-state index in [-0.39, 0.29) is 5.56 Å². The molecular formula is C10H10O3. The fourth-order valence-electron chi connectivity index (χ4n) is 0.922. The molecule has 0 spiro atoms. The molecule has 0 heterocycles. The van der Waals surface area contributed by atoms with Crippen LogP contribution < -0.4 is 0 Å². The Kier molecular flexibility index (Phi) is 3.09. The van der Waals surface area contributed by atoms with Gasteiger partial charge in [-0.15, -0.1) is 0 Å². The molecule has 1 aromatic rings. The van der Waals surface area contributed by atoms with Gasteiger partial charge in [0.05, 0.1) is 18.9 Å². The second kappa shape index (κ2) is 4.30. The number of methoxy groups -OCH3 is 1. The first-order valence-electron chi connectivity index (χ1n) is 3.77. The van der Waals surface area contributed by atoms with Gasteiger partial charge in [0.2, 0.25) is 0 Å². The van der Waals surface area contributed by atoms with E-state index in [1.807, 2.05) is 6.07 Å². The Labute approximate surface area is 76.3 Å². The molecule has 3 heteroatoms. The number of carbonyl (C=O) groups is 1. The van der Waals surface area contributed by atoms with Crippen LogP contribution in [-0.2, 0) is 4.74 Å². The Morgan fingerprint density at radius 1 is 1.54 bits per heavy atom. The van der Waals surface area contributed by atoms with Gasteiger partial charge in [-0.3, -0.25) is 0 Å². The van der Waals surface area contributed by atoms with Crippen molar-refractivity contribution in [1.29, 1.82) is 0 Å². The molecule has 0 saturated heterocycles. The SMILES string of the molecule is CO/C=C/c1cccc(C(=O)O)c1. The average molecular weight is 178 g/mol. The second-order valence-electron chi connectivity index (χ2n) is 2.47. The predicted molar refractivity (Wildman–Crippen MR) is 49.4 cm³/mol. The molecule has 68 valence electrons. The normalized spacial score (nSPS) is 10.2. The van der Waals surface area contributed by atoms with Crippen molar-refractivity contribution in [3.8, 4) is 0 Å². The zero-order chi connectivity index (χ0) is 9.68. The maximum absolute atomic E-state index is 10.6. The quantitative estimate of drug-likeness (QED) is 0.720. The monoisotopic (exact) mass is 178 g/mol. The van der Waals surface area contributed by atoms with Gasteiger partial charge in [0.1, 0.15) is 0 Å². The molecule has 0 fully saturated rings. The molecule has 1 N–H and O–H groups in total. The number of carboxylic acid groups (broad SMARTS) is 1. The van der Waals surface area contributed by atoms with Crippen molar-refractivity contribution in [2.24, 2.45) is 0 Å². The summed E-state index contributed by atoms with van der Waals surface area (Å²) in [5.41, 5.74) is 1.08. The maximum Gasteiger partial charge on any atom is 0.335 e. The van der Waals surface area contributed by atoms with Crippen LogP contribution in [0.15, 0.2) is 30.5 Å². The molecule has 0 saturated carbocycles. The number of hydrogen-bond donors (Lipinski definition) is 1. The van der Waals surface area contributed by atoms with E-state index in [4.69, 9.17) is 9.84 Å². The number of rotatable bonds is 3. The summed E-state index contributed by atoms with van der Waals surface area (Å²) in [6.45, 7) is 0. The molecule has 3 nitrogen and oxygen atoms in total. The van der Waals surface area contributed by atoms with Gasteiger partial charge in [0, 0.05) is 0 Å². The van der Waals surface area contributed by atoms with E-state index in [1.165, 1.54) is 13.4 Å². The molecule has 0 radical (unpaired) electrons. The van der Waals surface area contributed by atoms with Gasteiger partial charge in [0.15, 0.2) is 0 Å². The van der Waals surface area contributed by atoms with Crippen LogP contribution >= 0.6 is 0 Å². The van der Waals surface area contributed by atoms with Crippen molar-refractivity contribution < 1.29 is 14.6 Å². The lowest BCUT2D eigenvalue weighted by molar-refractivity contribution is 0.0697. The van der Waals surface area contributed by atoms with Crippen LogP contribution in [0.3, 0.4) is 0 Å². The number of carboxylic acids is 1. The summed E-state index contributed by atoms with van der Waals surface area (Å²) in [5.74, 6) is -0.923. The number of aromatic carboxylic acids is 1. The molecule has 0 bridgehead atoms. The van der Waals surface area contributed by atoms with Crippen molar-refractivity contribution in [1.82, 2.24) is 0 Å². The molecule has 0 aliphatic heterocycles. The summed E-state index contributed by atoms with van der Waals surface area (Å²) in [5, 5.41) is 8.68. The van der Waals surface area contributed by atoms with E-state index in [9.17, 15) is 4.79 Å². The minimum absolute atomic E-state index is 0.276.